The van der Waals surface area contributed by atoms with Crippen LogP contribution < -0.4 is 32.3 Å². The van der Waals surface area contributed by atoms with Gasteiger partial charge in [0.15, 0.2) is 0 Å². The minimum absolute atomic E-state index is 0.0442. The molecule has 49 heavy (non-hydrogen) atoms. The van der Waals surface area contributed by atoms with Crippen molar-refractivity contribution in [2.24, 2.45) is 17.6 Å². The molecule has 1 aromatic rings. The lowest BCUT2D eigenvalue weighted by Gasteiger charge is -2.34. The van der Waals surface area contributed by atoms with Crippen LogP contribution >= 0.6 is 0 Å². The van der Waals surface area contributed by atoms with Crippen molar-refractivity contribution in [2.75, 3.05) is 6.54 Å². The number of benzene rings is 1. The molecular formula is C33H50N6O10. The summed E-state index contributed by atoms with van der Waals surface area (Å²) in [7, 11) is 0. The molecule has 0 bridgehead atoms. The number of primary amides is 1. The molecule has 5 atom stereocenters. The lowest BCUT2D eigenvalue weighted by Crippen LogP contribution is -2.63. The third-order valence-corrected chi connectivity index (χ3v) is 7.34. The molecule has 0 aliphatic heterocycles. The Bertz CT molecular complexity index is 1320. The summed E-state index contributed by atoms with van der Waals surface area (Å²) >= 11 is 0. The van der Waals surface area contributed by atoms with E-state index in [9.17, 15) is 48.6 Å². The highest BCUT2D eigenvalue weighted by atomic mass is 16.4. The van der Waals surface area contributed by atoms with Crippen molar-refractivity contribution in [3.63, 3.8) is 0 Å². The minimum atomic E-state index is -1.70. The third kappa shape index (κ3) is 16.2. The van der Waals surface area contributed by atoms with E-state index in [2.05, 4.69) is 26.6 Å². The number of aldehydes is 1. The Morgan fingerprint density at radius 1 is 0.816 bits per heavy atom. The highest BCUT2D eigenvalue weighted by Gasteiger charge is 2.38. The van der Waals surface area contributed by atoms with Crippen LogP contribution in [-0.4, -0.2) is 94.2 Å². The summed E-state index contributed by atoms with van der Waals surface area (Å²) in [5, 5.41) is 32.1. The van der Waals surface area contributed by atoms with Crippen LogP contribution in [0, 0.1) is 11.8 Å². The zero-order valence-corrected chi connectivity index (χ0v) is 28.6. The van der Waals surface area contributed by atoms with Crippen molar-refractivity contribution in [3.05, 3.63) is 35.9 Å². The van der Waals surface area contributed by atoms with Crippen molar-refractivity contribution in [3.8, 4) is 0 Å². The average Bonchev–Trinajstić information content (AvgIpc) is 2.99. The van der Waals surface area contributed by atoms with Gasteiger partial charge in [-0.15, -0.1) is 0 Å². The fourth-order valence-electron chi connectivity index (χ4n) is 5.18. The van der Waals surface area contributed by atoms with Crippen molar-refractivity contribution < 1.29 is 48.6 Å². The van der Waals surface area contributed by atoms with Crippen molar-refractivity contribution in [1.29, 1.82) is 0 Å². The number of aliphatic carboxylic acids is 2. The first-order valence-corrected chi connectivity index (χ1v) is 16.0. The Labute approximate surface area is 285 Å². The van der Waals surface area contributed by atoms with Crippen LogP contribution in [0.3, 0.4) is 0 Å². The first kappa shape index (κ1) is 42.2. The van der Waals surface area contributed by atoms with E-state index in [4.69, 9.17) is 5.73 Å². The first-order valence-electron chi connectivity index (χ1n) is 16.0. The fraction of sp³-hybridized carbons (Fsp3) is 0.576. The standard InChI is InChI=1S/C33H50N6O10/c1-19(2)13-24(37-29(45)23(36-21(5)41)11-12-27(34)42)30(46)38-25(15-28(43)44)31(47)39-33(18-40,16-20(3)4)17-35-26(32(48)49)14-22-9-7-6-8-10-22/h6-10,18-20,23-26,35H,11-17H2,1-5H3,(H2,34,42)(H,36,41)(H,37,45)(H,38,46)(H,39,47)(H,43,44)(H,48,49)/t23-,24-,25-,26-,33+/m0/s1. The van der Waals surface area contributed by atoms with E-state index < -0.39 is 77.6 Å². The van der Waals surface area contributed by atoms with Crippen LogP contribution in [0.25, 0.3) is 0 Å². The molecule has 0 fully saturated rings. The molecule has 16 heteroatoms. The molecule has 0 radical (unpaired) electrons. The van der Waals surface area contributed by atoms with Crippen LogP contribution in [0.4, 0.5) is 0 Å². The van der Waals surface area contributed by atoms with Gasteiger partial charge in [-0.3, -0.25) is 33.6 Å². The summed E-state index contributed by atoms with van der Waals surface area (Å²) in [5.41, 5.74) is 4.22. The number of hydrogen-bond donors (Lipinski definition) is 8. The predicted octanol–water partition coefficient (Wildman–Crippen LogP) is -0.367. The summed E-state index contributed by atoms with van der Waals surface area (Å²) in [5.74, 6) is -7.02. The number of nitrogens with one attached hydrogen (secondary N) is 5. The molecule has 272 valence electrons. The fourth-order valence-corrected chi connectivity index (χ4v) is 5.18. The minimum Gasteiger partial charge on any atom is -0.481 e. The summed E-state index contributed by atoms with van der Waals surface area (Å²) in [4.78, 5) is 99.6. The second-order valence-corrected chi connectivity index (χ2v) is 12.9. The van der Waals surface area contributed by atoms with Gasteiger partial charge in [-0.1, -0.05) is 58.0 Å². The number of hydrogen-bond acceptors (Lipinski definition) is 9. The maximum atomic E-state index is 13.6. The lowest BCUT2D eigenvalue weighted by molar-refractivity contribution is -0.142. The number of nitrogens with two attached hydrogens (primary N) is 1. The largest absolute Gasteiger partial charge is 0.481 e. The van der Waals surface area contributed by atoms with Gasteiger partial charge in [-0.25, -0.2) is 0 Å². The topological polar surface area (TPSA) is 263 Å². The second kappa shape index (κ2) is 20.5. The first-order chi connectivity index (χ1) is 22.9. The van der Waals surface area contributed by atoms with Crippen molar-refractivity contribution >= 4 is 47.8 Å². The van der Waals surface area contributed by atoms with E-state index in [1.54, 1.807) is 58.0 Å². The quantitative estimate of drug-likeness (QED) is 0.0687. The van der Waals surface area contributed by atoms with Crippen LogP contribution in [0.5, 0.6) is 0 Å². The van der Waals surface area contributed by atoms with Crippen LogP contribution in [0.1, 0.15) is 72.3 Å². The van der Waals surface area contributed by atoms with Gasteiger partial charge in [0.2, 0.25) is 29.5 Å². The average molecular weight is 691 g/mol. The van der Waals surface area contributed by atoms with Gasteiger partial charge >= 0.3 is 11.9 Å². The van der Waals surface area contributed by atoms with Crippen LogP contribution in [-0.2, 0) is 44.8 Å². The molecule has 1 aromatic carbocycles. The number of carboxylic acid groups (broad SMARTS) is 2. The molecule has 0 spiro atoms. The molecule has 0 aromatic heterocycles. The summed E-state index contributed by atoms with van der Waals surface area (Å²) in [6.45, 7) is 7.90. The molecule has 0 unspecified atom stereocenters. The summed E-state index contributed by atoms with van der Waals surface area (Å²) in [6, 6.07) is 3.44. The van der Waals surface area contributed by atoms with Gasteiger partial charge in [-0.05, 0) is 43.1 Å². The van der Waals surface area contributed by atoms with E-state index in [0.29, 0.717) is 6.29 Å². The molecule has 0 heterocycles. The molecule has 1 rings (SSSR count). The van der Waals surface area contributed by atoms with Crippen molar-refractivity contribution in [1.82, 2.24) is 26.6 Å². The van der Waals surface area contributed by atoms with E-state index in [-0.39, 0.29) is 50.5 Å². The van der Waals surface area contributed by atoms with Gasteiger partial charge in [0.1, 0.15) is 36.0 Å². The maximum Gasteiger partial charge on any atom is 0.321 e. The van der Waals surface area contributed by atoms with Crippen LogP contribution in [0.2, 0.25) is 0 Å². The zero-order valence-electron chi connectivity index (χ0n) is 28.6. The summed E-state index contributed by atoms with van der Waals surface area (Å²) < 4.78 is 0. The molecule has 16 nitrogen and oxygen atoms in total. The number of carboxylic acids is 2. The van der Waals surface area contributed by atoms with E-state index in [1.165, 1.54) is 0 Å². The number of carbonyl (C=O) groups is 8. The smallest absolute Gasteiger partial charge is 0.321 e. The Balaban J connectivity index is 3.28. The van der Waals surface area contributed by atoms with E-state index in [0.717, 1.165) is 12.5 Å². The molecule has 0 saturated heterocycles. The maximum absolute atomic E-state index is 13.6. The monoisotopic (exact) mass is 690 g/mol. The van der Waals surface area contributed by atoms with Gasteiger partial charge < -0.3 is 47.3 Å². The molecule has 0 aliphatic carbocycles. The highest BCUT2D eigenvalue weighted by Crippen LogP contribution is 2.17. The lowest BCUT2D eigenvalue weighted by atomic mass is 9.88. The van der Waals surface area contributed by atoms with Gasteiger partial charge in [0, 0.05) is 19.9 Å². The molecule has 5 amide bonds. The number of carbonyl (C=O) groups excluding carboxylic acids is 6. The number of rotatable bonds is 23. The van der Waals surface area contributed by atoms with Gasteiger partial charge in [0.05, 0.1) is 6.42 Å². The van der Waals surface area contributed by atoms with Crippen LogP contribution in [0.15, 0.2) is 30.3 Å². The number of amides is 5. The highest BCUT2D eigenvalue weighted by molar-refractivity contribution is 5.96. The van der Waals surface area contributed by atoms with Gasteiger partial charge in [0.25, 0.3) is 0 Å². The molecular weight excluding hydrogens is 640 g/mol. The normalized spacial score (nSPS) is 14.8. The summed E-state index contributed by atoms with van der Waals surface area (Å²) in [6.07, 6.45) is -0.641. The molecule has 0 saturated carbocycles. The molecule has 9 N–H and O–H groups in total. The third-order valence-electron chi connectivity index (χ3n) is 7.34. The Hall–Kier alpha value is -4.86. The predicted molar refractivity (Wildman–Crippen MR) is 178 cm³/mol. The Kier molecular flexibility index (Phi) is 17.6. The van der Waals surface area contributed by atoms with E-state index >= 15 is 0 Å². The Morgan fingerprint density at radius 2 is 1.41 bits per heavy atom. The van der Waals surface area contributed by atoms with E-state index in [1.807, 2.05) is 0 Å². The van der Waals surface area contributed by atoms with Crippen molar-refractivity contribution in [2.45, 2.75) is 103 Å². The van der Waals surface area contributed by atoms with Gasteiger partial charge in [-0.2, -0.15) is 0 Å². The second-order valence-electron chi connectivity index (χ2n) is 12.9. The molecule has 0 aliphatic rings. The Morgan fingerprint density at radius 3 is 1.90 bits per heavy atom. The SMILES string of the molecule is CC(=O)N[C@@H](CCC(N)=O)C(=O)N[C@@H](CC(C)C)C(=O)N[C@@H](CC(=O)O)C(=O)N[C@@](C=O)(CN[C@@H](Cc1ccccc1)C(=O)O)CC(C)C. The zero-order chi connectivity index (χ0) is 37.3.